The quantitative estimate of drug-likeness (QED) is 0.570. The molecular weight excluding hydrogens is 365 g/mol. The largest absolute Gasteiger partial charge is 3.00 e. The van der Waals surface area contributed by atoms with E-state index in [2.05, 4.69) is 27.7 Å². The Morgan fingerprint density at radius 1 is 1.00 bits per heavy atom. The molecule has 127 valence electrons. The average Bonchev–Trinajstić information content (AvgIpc) is 2.57. The standard InChI is InChI=1S/C18H27NO.2ClH.Ti/c1-11-12(2)14(4)15(13(11)3)17-7-5-6-8-18(17,10-9-17)16(19)20;;;/h13H,5-10H2,1-4H3,(H2,19,20);2*1H;/q;;;+3/p-3. The molecule has 3 aliphatic carbocycles. The summed E-state index contributed by atoms with van der Waals surface area (Å²) in [6.07, 6.45) is 6.47. The first-order valence-electron chi connectivity index (χ1n) is 8.02. The number of hydrogen-bond acceptors (Lipinski definition) is 1. The van der Waals surface area contributed by atoms with Gasteiger partial charge in [-0.25, -0.2) is 0 Å². The van der Waals surface area contributed by atoms with Crippen LogP contribution in [-0.2, 0) is 26.5 Å². The molecule has 1 amide bonds. The molecule has 0 aromatic heterocycles. The first-order valence-corrected chi connectivity index (χ1v) is 8.02. The van der Waals surface area contributed by atoms with Gasteiger partial charge in [-0.3, -0.25) is 0 Å². The van der Waals surface area contributed by atoms with E-state index in [9.17, 15) is 4.79 Å². The average molecular weight is 391 g/mol. The maximum atomic E-state index is 12.2. The number of halogens is 2. The Kier molecular flexibility index (Phi) is 7.72. The van der Waals surface area contributed by atoms with Crippen molar-refractivity contribution in [2.24, 2.45) is 16.7 Å². The van der Waals surface area contributed by atoms with Crippen molar-refractivity contribution >= 4 is 5.91 Å². The van der Waals surface area contributed by atoms with Crippen molar-refractivity contribution in [3.05, 3.63) is 28.0 Å². The normalized spacial score (nSPS) is 35.4. The Morgan fingerprint density at radius 3 is 1.96 bits per heavy atom. The van der Waals surface area contributed by atoms with Gasteiger partial charge >= 0.3 is 21.7 Å². The third-order valence-electron chi connectivity index (χ3n) is 6.94. The van der Waals surface area contributed by atoms with Gasteiger partial charge in [0.25, 0.3) is 0 Å². The monoisotopic (exact) mass is 390 g/mol. The Hall–Kier alpha value is 0.244. The minimum absolute atomic E-state index is 0. The third-order valence-corrected chi connectivity index (χ3v) is 6.94. The summed E-state index contributed by atoms with van der Waals surface area (Å²) < 4.78 is 0. The number of rotatable bonds is 2. The van der Waals surface area contributed by atoms with Gasteiger partial charge in [0, 0.05) is 10.8 Å². The van der Waals surface area contributed by atoms with Crippen LogP contribution in [0.15, 0.2) is 22.3 Å². The van der Waals surface area contributed by atoms with Gasteiger partial charge in [-0.1, -0.05) is 30.9 Å². The van der Waals surface area contributed by atoms with Gasteiger partial charge < -0.3 is 35.3 Å². The van der Waals surface area contributed by atoms with Gasteiger partial charge in [0.1, 0.15) is 0 Å². The zero-order valence-electron chi connectivity index (χ0n) is 14.5. The molecule has 3 aliphatic rings. The summed E-state index contributed by atoms with van der Waals surface area (Å²) in [5, 5.41) is 0. The van der Waals surface area contributed by atoms with E-state index in [4.69, 9.17) is 5.73 Å². The first-order chi connectivity index (χ1) is 9.37. The van der Waals surface area contributed by atoms with E-state index in [1.165, 1.54) is 28.7 Å². The zero-order valence-corrected chi connectivity index (χ0v) is 17.6. The smallest absolute Gasteiger partial charge is 1.00 e. The van der Waals surface area contributed by atoms with Crippen LogP contribution in [-0.4, -0.2) is 5.91 Å². The molecule has 0 heterocycles. The van der Waals surface area contributed by atoms with Crippen molar-refractivity contribution in [3.63, 3.8) is 0 Å². The summed E-state index contributed by atoms with van der Waals surface area (Å²) in [7, 11) is 0. The van der Waals surface area contributed by atoms with Crippen LogP contribution >= 0.6 is 0 Å². The van der Waals surface area contributed by atoms with E-state index in [1.54, 1.807) is 0 Å². The van der Waals surface area contributed by atoms with Gasteiger partial charge in [-0.15, -0.1) is 0 Å². The topological polar surface area (TPSA) is 40.9 Å². The van der Waals surface area contributed by atoms with Crippen LogP contribution in [0.4, 0.5) is 0 Å². The zero-order chi connectivity index (χ0) is 14.7. The number of fused-ring (bicyclic) bond motifs is 1. The van der Waals surface area contributed by atoms with Crippen LogP contribution in [0.2, 0.25) is 0 Å². The summed E-state index contributed by atoms with van der Waals surface area (Å²) in [6.45, 7) is 8.99. The van der Waals surface area contributed by atoms with E-state index < -0.39 is 0 Å². The van der Waals surface area contributed by atoms with Crippen molar-refractivity contribution in [2.45, 2.75) is 66.2 Å². The molecule has 2 fully saturated rings. The first kappa shape index (κ1) is 23.2. The predicted octanol–water partition coefficient (Wildman–Crippen LogP) is -0.786. The van der Waals surface area contributed by atoms with Crippen molar-refractivity contribution in [1.29, 1.82) is 0 Å². The van der Waals surface area contributed by atoms with Crippen LogP contribution in [0.25, 0.3) is 5.73 Å². The number of amides is 1. The van der Waals surface area contributed by atoms with Gasteiger partial charge in [0.05, 0.1) is 5.91 Å². The summed E-state index contributed by atoms with van der Waals surface area (Å²) in [4.78, 5) is 12.2. The predicted molar refractivity (Wildman–Crippen MR) is 82.1 cm³/mol. The molecule has 2 saturated carbocycles. The molecule has 3 atom stereocenters. The van der Waals surface area contributed by atoms with Crippen LogP contribution in [0.1, 0.15) is 66.2 Å². The molecule has 0 aromatic rings. The number of carbonyl (C=O) groups excluding carboxylic acids is 1. The molecule has 3 rings (SSSR count). The van der Waals surface area contributed by atoms with Gasteiger partial charge in [-0.05, 0) is 63.5 Å². The van der Waals surface area contributed by atoms with Gasteiger partial charge in [0.15, 0.2) is 0 Å². The molecule has 1 N–H and O–H groups in total. The Labute approximate surface area is 167 Å². The molecule has 5 heteroatoms. The van der Waals surface area contributed by atoms with Crippen LogP contribution in [0.5, 0.6) is 0 Å². The van der Waals surface area contributed by atoms with E-state index >= 15 is 0 Å². The summed E-state index contributed by atoms with van der Waals surface area (Å²) in [6, 6.07) is 0. The molecular formula is C18H26Cl2NOTi. The van der Waals surface area contributed by atoms with Gasteiger partial charge in [-0.2, -0.15) is 0 Å². The molecule has 0 spiro atoms. The molecule has 0 saturated heterocycles. The van der Waals surface area contributed by atoms with Crippen molar-refractivity contribution in [3.8, 4) is 0 Å². The third kappa shape index (κ3) is 2.78. The number of carbonyl (C=O) groups is 1. The van der Waals surface area contributed by atoms with Gasteiger partial charge in [0.2, 0.25) is 0 Å². The maximum Gasteiger partial charge on any atom is 3.00 e. The summed E-state index contributed by atoms with van der Waals surface area (Å²) >= 11 is 0. The summed E-state index contributed by atoms with van der Waals surface area (Å²) in [5.74, 6) is 0.172. The molecule has 1 radical (unpaired) electrons. The van der Waals surface area contributed by atoms with E-state index in [0.29, 0.717) is 5.92 Å². The SMILES string of the molecule is CC1=C(C)C(C)C(C23CCCCC2(C([NH-])=O)CC3)=C1C.[Cl-].[Cl-].[Ti+3]. The molecule has 2 nitrogen and oxygen atoms in total. The fraction of sp³-hybridized carbons (Fsp3) is 0.722. The maximum absolute atomic E-state index is 12.2. The Morgan fingerprint density at radius 2 is 1.57 bits per heavy atom. The molecule has 23 heavy (non-hydrogen) atoms. The minimum Gasteiger partial charge on any atom is -1.00 e. The molecule has 0 aromatic carbocycles. The van der Waals surface area contributed by atoms with Crippen molar-refractivity contribution in [1.82, 2.24) is 0 Å². The molecule has 0 aliphatic heterocycles. The second-order valence-electron chi connectivity index (χ2n) is 7.27. The van der Waals surface area contributed by atoms with E-state index in [0.717, 1.165) is 32.1 Å². The van der Waals surface area contributed by atoms with Crippen LogP contribution in [0, 0.1) is 16.7 Å². The molecule has 0 bridgehead atoms. The fourth-order valence-corrected chi connectivity index (χ4v) is 5.42. The van der Waals surface area contributed by atoms with Crippen molar-refractivity contribution in [2.75, 3.05) is 0 Å². The van der Waals surface area contributed by atoms with E-state index in [1.807, 2.05) is 0 Å². The van der Waals surface area contributed by atoms with Crippen molar-refractivity contribution < 1.29 is 51.3 Å². The summed E-state index contributed by atoms with van der Waals surface area (Å²) in [5.41, 5.74) is 13.4. The number of allylic oxidation sites excluding steroid dienone is 4. The van der Waals surface area contributed by atoms with Crippen LogP contribution in [0.3, 0.4) is 0 Å². The minimum atomic E-state index is -0.346. The Bertz CT molecular complexity index is 557. The molecule has 3 unspecified atom stereocenters. The number of nitrogens with one attached hydrogen (secondary N) is 1. The number of hydrogen-bond donors (Lipinski definition) is 0. The van der Waals surface area contributed by atoms with Crippen LogP contribution < -0.4 is 24.8 Å². The van der Waals surface area contributed by atoms with E-state index in [-0.39, 0.29) is 63.3 Å². The Balaban J connectivity index is 0.00000161. The second kappa shape index (κ2) is 7.64. The second-order valence-corrected chi connectivity index (χ2v) is 7.27. The fourth-order valence-electron chi connectivity index (χ4n) is 5.42.